The zero-order valence-electron chi connectivity index (χ0n) is 25.4. The first-order valence-corrected chi connectivity index (χ1v) is 13.9. The summed E-state index contributed by atoms with van der Waals surface area (Å²) in [6.45, 7) is 13.0. The molecule has 0 aliphatic heterocycles. The fraction of sp³-hybridized carbons (Fsp3) is 0.400. The number of hydrogen-bond donors (Lipinski definition) is 1. The highest BCUT2D eigenvalue weighted by Gasteiger charge is 2.34. The number of nitrogens with one attached hydrogen (secondary N) is 1. The predicted octanol–water partition coefficient (Wildman–Crippen LogP) is 6.95. The Morgan fingerprint density at radius 2 is 1.53 bits per heavy atom. The molecule has 0 aliphatic rings. The van der Waals surface area contributed by atoms with E-state index < -0.39 is 41.2 Å². The number of imide groups is 1. The van der Waals surface area contributed by atoms with Gasteiger partial charge < -0.3 is 19.5 Å². The van der Waals surface area contributed by atoms with Gasteiger partial charge in [0.15, 0.2) is 0 Å². The van der Waals surface area contributed by atoms with Gasteiger partial charge in [-0.3, -0.25) is 14.6 Å². The van der Waals surface area contributed by atoms with Gasteiger partial charge in [-0.2, -0.15) is 4.90 Å². The van der Waals surface area contributed by atoms with E-state index in [1.54, 1.807) is 67.5 Å². The molecule has 2 heterocycles. The maximum absolute atomic E-state index is 14.2. The van der Waals surface area contributed by atoms with Crippen molar-refractivity contribution >= 4 is 63.8 Å². The van der Waals surface area contributed by atoms with Gasteiger partial charge in [0, 0.05) is 23.0 Å². The molecule has 0 unspecified atom stereocenters. The minimum atomic E-state index is -1.04. The number of anilines is 2. The molecule has 3 amide bonds. The van der Waals surface area contributed by atoms with E-state index in [-0.39, 0.29) is 46.3 Å². The molecule has 0 saturated heterocycles. The van der Waals surface area contributed by atoms with Gasteiger partial charge in [0.25, 0.3) is 0 Å². The van der Waals surface area contributed by atoms with Crippen molar-refractivity contribution in [2.45, 2.75) is 73.0 Å². The molecule has 13 heteroatoms. The Morgan fingerprint density at radius 3 is 2.07 bits per heavy atom. The van der Waals surface area contributed by atoms with Crippen molar-refractivity contribution in [3.05, 3.63) is 52.9 Å². The van der Waals surface area contributed by atoms with Crippen LogP contribution < -0.4 is 10.2 Å². The van der Waals surface area contributed by atoms with Crippen LogP contribution in [0.3, 0.4) is 0 Å². The topological polar surface area (TPSA) is 146 Å². The highest BCUT2D eigenvalue weighted by Crippen LogP contribution is 2.35. The summed E-state index contributed by atoms with van der Waals surface area (Å²) in [5.41, 5.74) is -2.28. The molecule has 0 fully saturated rings. The van der Waals surface area contributed by atoms with Gasteiger partial charge in [-0.25, -0.2) is 19.0 Å². The Kier molecular flexibility index (Phi) is 9.86. The summed E-state index contributed by atoms with van der Waals surface area (Å²) >= 11 is 6.23. The summed E-state index contributed by atoms with van der Waals surface area (Å²) in [5.74, 6) is -1.24. The van der Waals surface area contributed by atoms with Crippen molar-refractivity contribution < 1.29 is 38.2 Å². The molecule has 0 aliphatic carbocycles. The molecule has 0 saturated carbocycles. The second-order valence-corrected chi connectivity index (χ2v) is 11.8. The van der Waals surface area contributed by atoms with E-state index in [1.165, 1.54) is 24.4 Å². The van der Waals surface area contributed by atoms with Gasteiger partial charge in [0.1, 0.15) is 22.6 Å². The zero-order chi connectivity index (χ0) is 32.3. The van der Waals surface area contributed by atoms with Gasteiger partial charge in [-0.15, -0.1) is 0 Å². The summed E-state index contributed by atoms with van der Waals surface area (Å²) in [6, 6.07) is 7.08. The predicted molar refractivity (Wildman–Crippen MR) is 161 cm³/mol. The third-order valence-electron chi connectivity index (χ3n) is 5.57. The van der Waals surface area contributed by atoms with E-state index in [4.69, 9.17) is 25.8 Å². The number of rotatable bonds is 6. The van der Waals surface area contributed by atoms with E-state index in [2.05, 4.69) is 10.3 Å². The molecule has 230 valence electrons. The van der Waals surface area contributed by atoms with Crippen LogP contribution in [0.15, 0.2) is 36.5 Å². The summed E-state index contributed by atoms with van der Waals surface area (Å²) in [6.07, 6.45) is -1.68. The van der Waals surface area contributed by atoms with Crippen molar-refractivity contribution in [2.24, 2.45) is 0 Å². The van der Waals surface area contributed by atoms with Gasteiger partial charge in [0.05, 0.1) is 23.5 Å². The van der Waals surface area contributed by atoms with Gasteiger partial charge in [-0.1, -0.05) is 18.5 Å². The van der Waals surface area contributed by atoms with Crippen LogP contribution in [0, 0.1) is 0 Å². The smallest absolute Gasteiger partial charge is 0.424 e. The molecule has 0 bridgehead atoms. The van der Waals surface area contributed by atoms with Crippen LogP contribution in [-0.2, 0) is 19.0 Å². The lowest BCUT2D eigenvalue weighted by Gasteiger charge is -2.28. The Labute approximate surface area is 254 Å². The average molecular weight is 615 g/mol. The highest BCUT2D eigenvalue weighted by atomic mass is 35.5. The summed E-state index contributed by atoms with van der Waals surface area (Å²) in [5, 5.41) is 3.32. The van der Waals surface area contributed by atoms with Crippen LogP contribution >= 0.6 is 11.6 Å². The van der Waals surface area contributed by atoms with Crippen LogP contribution in [-0.4, -0.2) is 57.3 Å². The second kappa shape index (κ2) is 12.8. The van der Waals surface area contributed by atoms with E-state index in [9.17, 15) is 24.0 Å². The van der Waals surface area contributed by atoms with Crippen LogP contribution in [0.4, 0.5) is 25.8 Å². The van der Waals surface area contributed by atoms with Crippen molar-refractivity contribution in [3.63, 3.8) is 0 Å². The molecule has 12 nitrogen and oxygen atoms in total. The number of ether oxygens (including phenoxy) is 3. The molecular weight excluding hydrogens is 580 g/mol. The lowest BCUT2D eigenvalue weighted by Crippen LogP contribution is -2.43. The number of pyridine rings is 1. The number of benzene rings is 1. The number of carbonyl (C=O) groups is 5. The Morgan fingerprint density at radius 1 is 0.930 bits per heavy atom. The minimum absolute atomic E-state index is 0.00216. The van der Waals surface area contributed by atoms with Gasteiger partial charge in [-0.05, 0) is 78.8 Å². The van der Waals surface area contributed by atoms with Crippen LogP contribution in [0.25, 0.3) is 10.9 Å². The van der Waals surface area contributed by atoms with E-state index in [0.717, 1.165) is 4.57 Å². The molecule has 1 aromatic carbocycles. The summed E-state index contributed by atoms with van der Waals surface area (Å²) in [7, 11) is 0. The third-order valence-corrected chi connectivity index (χ3v) is 5.80. The van der Waals surface area contributed by atoms with Crippen molar-refractivity contribution in [2.75, 3.05) is 16.8 Å². The molecule has 2 aromatic heterocycles. The number of fused-ring (bicyclic) bond motifs is 1. The van der Waals surface area contributed by atoms with Crippen molar-refractivity contribution in [1.82, 2.24) is 9.55 Å². The number of aromatic nitrogens is 2. The molecule has 0 radical (unpaired) electrons. The zero-order valence-corrected chi connectivity index (χ0v) is 26.1. The Balaban J connectivity index is 2.26. The number of amides is 3. The van der Waals surface area contributed by atoms with Gasteiger partial charge in [0.2, 0.25) is 11.7 Å². The first-order chi connectivity index (χ1) is 20.0. The Bertz CT molecular complexity index is 1560. The first kappa shape index (κ1) is 33.1. The van der Waals surface area contributed by atoms with E-state index in [0.29, 0.717) is 10.3 Å². The molecule has 3 rings (SSSR count). The normalized spacial score (nSPS) is 11.6. The van der Waals surface area contributed by atoms with Crippen LogP contribution in [0.5, 0.6) is 0 Å². The number of hydrogen-bond acceptors (Lipinski definition) is 9. The summed E-state index contributed by atoms with van der Waals surface area (Å²) in [4.78, 5) is 71.1. The highest BCUT2D eigenvalue weighted by molar-refractivity contribution is 6.32. The van der Waals surface area contributed by atoms with Gasteiger partial charge >= 0.3 is 18.3 Å². The minimum Gasteiger partial charge on any atom is -0.449 e. The first-order valence-electron chi connectivity index (χ1n) is 13.5. The molecule has 0 spiro atoms. The summed E-state index contributed by atoms with van der Waals surface area (Å²) < 4.78 is 17.1. The number of ketones is 1. The van der Waals surface area contributed by atoms with Crippen molar-refractivity contribution in [1.29, 1.82) is 0 Å². The molecule has 43 heavy (non-hydrogen) atoms. The molecule has 1 N–H and O–H groups in total. The maximum Gasteiger partial charge on any atom is 0.424 e. The van der Waals surface area contributed by atoms with Crippen LogP contribution in [0.2, 0.25) is 5.02 Å². The SMILES string of the molecule is CCOC(=O)n1c(C(=O)c2cc(N(C(=O)OC(C)(C)C)C(=O)OC(C)(C)C)ccn2)c(NC(=O)CC)c2ccc(Cl)cc21. The third kappa shape index (κ3) is 7.89. The molecule has 3 aromatic rings. The second-order valence-electron chi connectivity index (χ2n) is 11.3. The standard InChI is InChI=1S/C30H35ClN4O8/c1-9-22(36)33-23-19-12-11-17(31)15-21(19)35(26(38)41-10-2)24(23)25(37)20-16-18(13-14-32-20)34(27(39)42-29(3,4)5)28(40)43-30(6,7)8/h11-16H,9-10H2,1-8H3,(H,33,36). The number of nitrogens with zero attached hydrogens (tertiary/aromatic N) is 3. The lowest BCUT2D eigenvalue weighted by molar-refractivity contribution is -0.115. The average Bonchev–Trinajstić information content (AvgIpc) is 3.19. The fourth-order valence-corrected chi connectivity index (χ4v) is 4.08. The monoisotopic (exact) mass is 614 g/mol. The Hall–Kier alpha value is -4.45. The largest absolute Gasteiger partial charge is 0.449 e. The molecule has 0 atom stereocenters. The number of halogens is 1. The van der Waals surface area contributed by atoms with Crippen molar-refractivity contribution in [3.8, 4) is 0 Å². The molecular formula is C30H35ClN4O8. The van der Waals surface area contributed by atoms with Crippen LogP contribution in [0.1, 0.15) is 78.0 Å². The van der Waals surface area contributed by atoms with E-state index >= 15 is 0 Å². The maximum atomic E-state index is 14.2. The fourth-order valence-electron chi connectivity index (χ4n) is 3.91. The quantitative estimate of drug-likeness (QED) is 0.230. The lowest BCUT2D eigenvalue weighted by atomic mass is 10.1. The van der Waals surface area contributed by atoms with E-state index in [1.807, 2.05) is 0 Å². The number of carbonyl (C=O) groups excluding carboxylic acids is 5.